The first-order chi connectivity index (χ1) is 8.74. The van der Waals surface area contributed by atoms with Crippen molar-refractivity contribution in [3.63, 3.8) is 0 Å². The maximum Gasteiger partial charge on any atom is 0.253 e. The van der Waals surface area contributed by atoms with Crippen molar-refractivity contribution in [3.05, 3.63) is 29.8 Å². The second kappa shape index (κ2) is 5.87. The molecule has 18 heavy (non-hydrogen) atoms. The lowest BCUT2D eigenvalue weighted by Crippen LogP contribution is -2.37. The molecule has 0 aromatic heterocycles. The summed E-state index contributed by atoms with van der Waals surface area (Å²) in [6.07, 6.45) is 3.84. The van der Waals surface area contributed by atoms with E-state index in [0.717, 1.165) is 24.3 Å². The quantitative estimate of drug-likeness (QED) is 0.619. The van der Waals surface area contributed by atoms with Gasteiger partial charge in [-0.15, -0.1) is 0 Å². The van der Waals surface area contributed by atoms with Gasteiger partial charge in [0.2, 0.25) is 0 Å². The zero-order valence-electron chi connectivity index (χ0n) is 10.9. The molecule has 98 valence electrons. The number of benzene rings is 1. The first-order valence-electron chi connectivity index (χ1n) is 6.60. The van der Waals surface area contributed by atoms with Crippen LogP contribution in [0.25, 0.3) is 0 Å². The number of carbonyl (C=O) groups is 1. The molecule has 1 aromatic carbocycles. The van der Waals surface area contributed by atoms with Gasteiger partial charge in [-0.2, -0.15) is 0 Å². The minimum atomic E-state index is 0.118. The number of hydrogen-bond donors (Lipinski definition) is 2. The third-order valence-electron chi connectivity index (χ3n) is 3.67. The molecule has 1 aromatic rings. The number of nitrogens with zero attached hydrogens (tertiary/aromatic N) is 1. The lowest BCUT2D eigenvalue weighted by atomic mass is 9.85. The summed E-state index contributed by atoms with van der Waals surface area (Å²) in [4.78, 5) is 14.3. The predicted octanol–water partition coefficient (Wildman–Crippen LogP) is 2.23. The van der Waals surface area contributed by atoms with Gasteiger partial charge in [-0.25, -0.2) is 0 Å². The van der Waals surface area contributed by atoms with Gasteiger partial charge < -0.3 is 10.3 Å². The Bertz CT molecular complexity index is 398. The van der Waals surface area contributed by atoms with Crippen LogP contribution in [0.5, 0.6) is 0 Å². The number of carbonyl (C=O) groups excluding carboxylic acids is 1. The van der Waals surface area contributed by atoms with E-state index in [1.54, 1.807) is 0 Å². The van der Waals surface area contributed by atoms with Crippen LogP contribution < -0.4 is 11.3 Å². The molecule has 0 saturated heterocycles. The van der Waals surface area contributed by atoms with Crippen LogP contribution in [-0.2, 0) is 0 Å². The molecule has 4 heteroatoms. The standard InChI is InChI=1S/C14H21N3O/c1-2-17(10-11-4-3-5-11)14(18)12-6-8-13(16-15)9-7-12/h6-9,11,16H,2-5,10,15H2,1H3. The Morgan fingerprint density at radius 1 is 1.39 bits per heavy atom. The van der Waals surface area contributed by atoms with Crippen molar-refractivity contribution in [2.45, 2.75) is 26.2 Å². The summed E-state index contributed by atoms with van der Waals surface area (Å²) in [6, 6.07) is 7.29. The average molecular weight is 247 g/mol. The van der Waals surface area contributed by atoms with E-state index >= 15 is 0 Å². The molecule has 1 aliphatic rings. The number of hydrogen-bond acceptors (Lipinski definition) is 3. The highest BCUT2D eigenvalue weighted by atomic mass is 16.2. The molecule has 0 spiro atoms. The molecule has 1 fully saturated rings. The van der Waals surface area contributed by atoms with Crippen molar-refractivity contribution < 1.29 is 4.79 Å². The average Bonchev–Trinajstić information content (AvgIpc) is 2.37. The van der Waals surface area contributed by atoms with Gasteiger partial charge in [-0.3, -0.25) is 10.6 Å². The molecule has 2 rings (SSSR count). The Balaban J connectivity index is 2.02. The summed E-state index contributed by atoms with van der Waals surface area (Å²) in [6.45, 7) is 3.70. The summed E-state index contributed by atoms with van der Waals surface area (Å²) in [5.41, 5.74) is 4.11. The molecule has 1 saturated carbocycles. The first kappa shape index (κ1) is 12.9. The molecule has 0 aliphatic heterocycles. The highest BCUT2D eigenvalue weighted by molar-refractivity contribution is 5.94. The number of nitrogens with two attached hydrogens (primary N) is 1. The highest BCUT2D eigenvalue weighted by Gasteiger charge is 2.23. The van der Waals surface area contributed by atoms with Gasteiger partial charge >= 0.3 is 0 Å². The number of hydrazine groups is 1. The van der Waals surface area contributed by atoms with Crippen molar-refractivity contribution >= 4 is 11.6 Å². The van der Waals surface area contributed by atoms with Crippen molar-refractivity contribution in [2.24, 2.45) is 11.8 Å². The number of nitrogens with one attached hydrogen (secondary N) is 1. The fraction of sp³-hybridized carbons (Fsp3) is 0.500. The Morgan fingerprint density at radius 2 is 2.06 bits per heavy atom. The second-order valence-electron chi connectivity index (χ2n) is 4.86. The van der Waals surface area contributed by atoms with E-state index < -0.39 is 0 Å². The topological polar surface area (TPSA) is 58.4 Å². The van der Waals surface area contributed by atoms with E-state index in [1.165, 1.54) is 19.3 Å². The molecular formula is C14H21N3O. The van der Waals surface area contributed by atoms with Crippen LogP contribution in [0.15, 0.2) is 24.3 Å². The fourth-order valence-corrected chi connectivity index (χ4v) is 2.23. The van der Waals surface area contributed by atoms with Crippen LogP contribution in [0.2, 0.25) is 0 Å². The Kier molecular flexibility index (Phi) is 4.20. The van der Waals surface area contributed by atoms with E-state index in [-0.39, 0.29) is 5.91 Å². The van der Waals surface area contributed by atoms with E-state index in [4.69, 9.17) is 5.84 Å². The van der Waals surface area contributed by atoms with E-state index in [0.29, 0.717) is 5.92 Å². The normalized spacial score (nSPS) is 15.0. The molecule has 0 atom stereocenters. The second-order valence-corrected chi connectivity index (χ2v) is 4.86. The maximum atomic E-state index is 12.3. The third kappa shape index (κ3) is 2.82. The van der Waals surface area contributed by atoms with Crippen LogP contribution in [0.1, 0.15) is 36.5 Å². The minimum Gasteiger partial charge on any atom is -0.339 e. The van der Waals surface area contributed by atoms with Crippen molar-refractivity contribution in [3.8, 4) is 0 Å². The Morgan fingerprint density at radius 3 is 2.50 bits per heavy atom. The van der Waals surface area contributed by atoms with E-state index in [2.05, 4.69) is 5.43 Å². The summed E-state index contributed by atoms with van der Waals surface area (Å²) in [7, 11) is 0. The summed E-state index contributed by atoms with van der Waals surface area (Å²) < 4.78 is 0. The molecule has 0 unspecified atom stereocenters. The van der Waals surface area contributed by atoms with Crippen LogP contribution in [0.4, 0.5) is 5.69 Å². The molecule has 1 aliphatic carbocycles. The molecule has 1 amide bonds. The molecule has 0 heterocycles. The SMILES string of the molecule is CCN(CC1CCC1)C(=O)c1ccc(NN)cc1. The molecule has 3 N–H and O–H groups in total. The highest BCUT2D eigenvalue weighted by Crippen LogP contribution is 2.27. The third-order valence-corrected chi connectivity index (χ3v) is 3.67. The van der Waals surface area contributed by atoms with Crippen LogP contribution in [0.3, 0.4) is 0 Å². The first-order valence-corrected chi connectivity index (χ1v) is 6.60. The predicted molar refractivity (Wildman–Crippen MR) is 73.2 cm³/mol. The van der Waals surface area contributed by atoms with Gasteiger partial charge in [0, 0.05) is 24.3 Å². The smallest absolute Gasteiger partial charge is 0.253 e. The molecule has 0 radical (unpaired) electrons. The van der Waals surface area contributed by atoms with Crippen molar-refractivity contribution in [1.82, 2.24) is 4.90 Å². The van der Waals surface area contributed by atoms with Crippen molar-refractivity contribution in [2.75, 3.05) is 18.5 Å². The number of amides is 1. The van der Waals surface area contributed by atoms with E-state index in [9.17, 15) is 4.79 Å². The van der Waals surface area contributed by atoms with Gasteiger partial charge in [-0.05, 0) is 49.9 Å². The van der Waals surface area contributed by atoms with Crippen LogP contribution in [0, 0.1) is 5.92 Å². The van der Waals surface area contributed by atoms with Gasteiger partial charge in [0.15, 0.2) is 0 Å². The van der Waals surface area contributed by atoms with E-state index in [1.807, 2.05) is 36.1 Å². The summed E-state index contributed by atoms with van der Waals surface area (Å²) >= 11 is 0. The minimum absolute atomic E-state index is 0.118. The lowest BCUT2D eigenvalue weighted by Gasteiger charge is -2.31. The number of nitrogen functional groups attached to an aromatic ring is 1. The van der Waals surface area contributed by atoms with Gasteiger partial charge in [0.25, 0.3) is 5.91 Å². The van der Waals surface area contributed by atoms with Crippen molar-refractivity contribution in [1.29, 1.82) is 0 Å². The zero-order valence-corrected chi connectivity index (χ0v) is 10.9. The molecular weight excluding hydrogens is 226 g/mol. The fourth-order valence-electron chi connectivity index (χ4n) is 2.23. The molecule has 4 nitrogen and oxygen atoms in total. The Hall–Kier alpha value is -1.55. The van der Waals surface area contributed by atoms with Gasteiger partial charge in [-0.1, -0.05) is 6.42 Å². The van der Waals surface area contributed by atoms with Crippen LogP contribution in [-0.4, -0.2) is 23.9 Å². The largest absolute Gasteiger partial charge is 0.339 e. The number of rotatable bonds is 5. The summed E-state index contributed by atoms with van der Waals surface area (Å²) in [5, 5.41) is 0. The summed E-state index contributed by atoms with van der Waals surface area (Å²) in [5.74, 6) is 6.13. The monoisotopic (exact) mass is 247 g/mol. The Labute approximate surface area is 108 Å². The zero-order chi connectivity index (χ0) is 13.0. The van der Waals surface area contributed by atoms with Gasteiger partial charge in [0.1, 0.15) is 0 Å². The number of anilines is 1. The lowest BCUT2D eigenvalue weighted by molar-refractivity contribution is 0.0706. The molecule has 0 bridgehead atoms. The van der Waals surface area contributed by atoms with Gasteiger partial charge in [0.05, 0.1) is 0 Å². The maximum absolute atomic E-state index is 12.3. The van der Waals surface area contributed by atoms with Crippen LogP contribution >= 0.6 is 0 Å².